The van der Waals surface area contributed by atoms with Crippen LogP contribution in [0.4, 0.5) is 0 Å². The van der Waals surface area contributed by atoms with Crippen LogP contribution in [-0.2, 0) is 0 Å². The third kappa shape index (κ3) is 1.27. The minimum absolute atomic E-state index is 0.360. The van der Waals surface area contributed by atoms with Crippen molar-refractivity contribution in [3.63, 3.8) is 0 Å². The molecular formula is C11H13N. The van der Waals surface area contributed by atoms with Gasteiger partial charge in [0.15, 0.2) is 0 Å². The maximum atomic E-state index is 4.54. The molecule has 12 heavy (non-hydrogen) atoms. The molecule has 0 aromatic rings. The molecule has 1 aliphatic carbocycles. The lowest BCUT2D eigenvalue weighted by Crippen LogP contribution is -2.19. The van der Waals surface area contributed by atoms with Crippen molar-refractivity contribution in [2.75, 3.05) is 0 Å². The molecule has 2 unspecified atom stereocenters. The summed E-state index contributed by atoms with van der Waals surface area (Å²) in [7, 11) is 0. The lowest BCUT2D eigenvalue weighted by Gasteiger charge is -2.22. The average Bonchev–Trinajstić information content (AvgIpc) is 2.05. The van der Waals surface area contributed by atoms with Crippen molar-refractivity contribution in [3.8, 4) is 0 Å². The Hall–Kier alpha value is -1.11. The highest BCUT2D eigenvalue weighted by Crippen LogP contribution is 2.23. The molecule has 1 heterocycles. The smallest absolute Gasteiger partial charge is 0.0783 e. The first-order valence-corrected chi connectivity index (χ1v) is 4.35. The Morgan fingerprint density at radius 1 is 1.17 bits per heavy atom. The normalized spacial score (nSPS) is 32.5. The second-order valence-electron chi connectivity index (χ2n) is 3.47. The number of allylic oxidation sites excluding steroid dienone is 3. The first-order valence-electron chi connectivity index (χ1n) is 4.35. The van der Waals surface area contributed by atoms with Gasteiger partial charge in [0.1, 0.15) is 0 Å². The molecule has 1 nitrogen and oxygen atoms in total. The van der Waals surface area contributed by atoms with Gasteiger partial charge < -0.3 is 0 Å². The molecule has 0 saturated heterocycles. The van der Waals surface area contributed by atoms with Crippen LogP contribution in [0.2, 0.25) is 0 Å². The molecule has 0 spiro atoms. The summed E-state index contributed by atoms with van der Waals surface area (Å²) < 4.78 is 0. The van der Waals surface area contributed by atoms with Crippen LogP contribution in [0.25, 0.3) is 0 Å². The van der Waals surface area contributed by atoms with E-state index in [1.165, 1.54) is 5.57 Å². The van der Waals surface area contributed by atoms with Crippen molar-refractivity contribution in [1.82, 2.24) is 0 Å². The van der Waals surface area contributed by atoms with E-state index >= 15 is 0 Å². The van der Waals surface area contributed by atoms with Gasteiger partial charge in [0.2, 0.25) is 0 Å². The van der Waals surface area contributed by atoms with Crippen LogP contribution in [0.3, 0.4) is 0 Å². The number of dihydropyridines is 1. The van der Waals surface area contributed by atoms with Crippen LogP contribution in [0.1, 0.15) is 13.8 Å². The van der Waals surface area contributed by atoms with Gasteiger partial charge in [-0.25, -0.2) is 0 Å². The zero-order valence-electron chi connectivity index (χ0n) is 7.49. The van der Waals surface area contributed by atoms with Gasteiger partial charge in [-0.2, -0.15) is 0 Å². The van der Waals surface area contributed by atoms with E-state index in [4.69, 9.17) is 0 Å². The van der Waals surface area contributed by atoms with Gasteiger partial charge in [0, 0.05) is 11.6 Å². The van der Waals surface area contributed by atoms with E-state index in [0.717, 1.165) is 5.71 Å². The van der Waals surface area contributed by atoms with Crippen LogP contribution < -0.4 is 0 Å². The van der Waals surface area contributed by atoms with Gasteiger partial charge in [0.25, 0.3) is 0 Å². The van der Waals surface area contributed by atoms with E-state index < -0.39 is 0 Å². The highest BCUT2D eigenvalue weighted by atomic mass is 14.8. The van der Waals surface area contributed by atoms with Gasteiger partial charge >= 0.3 is 0 Å². The van der Waals surface area contributed by atoms with E-state index in [1.807, 2.05) is 6.92 Å². The number of fused-ring (bicyclic) bond motifs is 1. The second-order valence-corrected chi connectivity index (χ2v) is 3.47. The number of aliphatic imine (C=N–C) groups is 1. The van der Waals surface area contributed by atoms with Crippen molar-refractivity contribution in [3.05, 3.63) is 36.0 Å². The Kier molecular flexibility index (Phi) is 1.72. The maximum absolute atomic E-state index is 4.54. The van der Waals surface area contributed by atoms with Crippen molar-refractivity contribution < 1.29 is 0 Å². The predicted octanol–water partition coefficient (Wildman–Crippen LogP) is 2.52. The van der Waals surface area contributed by atoms with E-state index in [0.29, 0.717) is 12.0 Å². The van der Waals surface area contributed by atoms with Gasteiger partial charge in [-0.3, -0.25) is 4.99 Å². The SMILES string of the molecule is CC1=CC2C=CC(C)=NC2C=C1. The summed E-state index contributed by atoms with van der Waals surface area (Å²) in [6.07, 6.45) is 10.9. The summed E-state index contributed by atoms with van der Waals surface area (Å²) in [6.45, 7) is 4.18. The van der Waals surface area contributed by atoms with E-state index in [2.05, 4.69) is 42.3 Å². The summed E-state index contributed by atoms with van der Waals surface area (Å²) in [4.78, 5) is 4.54. The van der Waals surface area contributed by atoms with E-state index in [9.17, 15) is 0 Å². The molecule has 0 aromatic carbocycles. The molecule has 0 fully saturated rings. The number of hydrogen-bond acceptors (Lipinski definition) is 1. The van der Waals surface area contributed by atoms with Crippen molar-refractivity contribution in [2.24, 2.45) is 10.9 Å². The minimum atomic E-state index is 0.360. The molecule has 0 saturated carbocycles. The van der Waals surface area contributed by atoms with Gasteiger partial charge in [-0.1, -0.05) is 29.9 Å². The quantitative estimate of drug-likeness (QED) is 0.515. The molecule has 0 bridgehead atoms. The molecule has 1 heteroatoms. The van der Waals surface area contributed by atoms with Crippen LogP contribution in [-0.4, -0.2) is 11.8 Å². The third-order valence-electron chi connectivity index (χ3n) is 2.32. The molecule has 2 atom stereocenters. The molecular weight excluding hydrogens is 146 g/mol. The number of rotatable bonds is 0. The fraction of sp³-hybridized carbons (Fsp3) is 0.364. The Bertz CT molecular complexity index is 273. The third-order valence-corrected chi connectivity index (χ3v) is 2.32. The van der Waals surface area contributed by atoms with Crippen molar-refractivity contribution in [1.29, 1.82) is 0 Å². The molecule has 0 amide bonds. The summed E-state index contributed by atoms with van der Waals surface area (Å²) in [5.41, 5.74) is 2.48. The highest BCUT2D eigenvalue weighted by molar-refractivity contribution is 5.93. The Balaban J connectivity index is 2.29. The van der Waals surface area contributed by atoms with E-state index in [1.54, 1.807) is 0 Å². The standard InChI is InChI=1S/C11H13N/c1-8-3-6-11-10(7-8)5-4-9(2)12-11/h3-7,10-11H,1-2H3. The molecule has 2 aliphatic rings. The Morgan fingerprint density at radius 3 is 2.83 bits per heavy atom. The van der Waals surface area contributed by atoms with Crippen molar-refractivity contribution in [2.45, 2.75) is 19.9 Å². The van der Waals surface area contributed by atoms with Gasteiger partial charge in [-0.15, -0.1) is 0 Å². The largest absolute Gasteiger partial charge is 0.282 e. The summed E-state index contributed by atoms with van der Waals surface area (Å²) in [6, 6.07) is 0.360. The van der Waals surface area contributed by atoms with E-state index in [-0.39, 0.29) is 0 Å². The molecule has 1 aliphatic heterocycles. The fourth-order valence-electron chi connectivity index (χ4n) is 1.66. The van der Waals surface area contributed by atoms with Crippen LogP contribution >= 0.6 is 0 Å². The highest BCUT2D eigenvalue weighted by Gasteiger charge is 2.18. The van der Waals surface area contributed by atoms with Crippen LogP contribution in [0.15, 0.2) is 40.9 Å². The van der Waals surface area contributed by atoms with Crippen LogP contribution in [0.5, 0.6) is 0 Å². The number of nitrogens with zero attached hydrogens (tertiary/aromatic N) is 1. The molecule has 0 N–H and O–H groups in total. The predicted molar refractivity (Wildman–Crippen MR) is 52.4 cm³/mol. The molecule has 0 radical (unpaired) electrons. The monoisotopic (exact) mass is 159 g/mol. The Labute approximate surface area is 73.2 Å². The first kappa shape index (κ1) is 7.53. The minimum Gasteiger partial charge on any atom is -0.282 e. The van der Waals surface area contributed by atoms with Crippen LogP contribution in [0, 0.1) is 5.92 Å². The average molecular weight is 159 g/mol. The molecule has 2 rings (SSSR count). The molecule has 0 aromatic heterocycles. The maximum Gasteiger partial charge on any atom is 0.0783 e. The summed E-state index contributed by atoms with van der Waals surface area (Å²) in [5, 5.41) is 0. The fourth-order valence-corrected chi connectivity index (χ4v) is 1.66. The lowest BCUT2D eigenvalue weighted by atomic mass is 9.90. The topological polar surface area (TPSA) is 12.4 Å². The summed E-state index contributed by atoms with van der Waals surface area (Å²) in [5.74, 6) is 0.499. The zero-order chi connectivity index (χ0) is 8.55. The Morgan fingerprint density at radius 2 is 2.00 bits per heavy atom. The summed E-state index contributed by atoms with van der Waals surface area (Å²) >= 11 is 0. The second kappa shape index (κ2) is 2.74. The zero-order valence-corrected chi connectivity index (χ0v) is 7.49. The number of hydrogen-bond donors (Lipinski definition) is 0. The van der Waals surface area contributed by atoms with Gasteiger partial charge in [-0.05, 0) is 19.9 Å². The van der Waals surface area contributed by atoms with Gasteiger partial charge in [0.05, 0.1) is 6.04 Å². The lowest BCUT2D eigenvalue weighted by molar-refractivity contribution is 0.674. The molecule has 62 valence electrons. The first-order chi connectivity index (χ1) is 5.75. The van der Waals surface area contributed by atoms with Crippen molar-refractivity contribution >= 4 is 5.71 Å².